The minimum Gasteiger partial charge on any atom is -0.481 e. The van der Waals surface area contributed by atoms with Gasteiger partial charge >= 0.3 is 12.1 Å². The van der Waals surface area contributed by atoms with Crippen LogP contribution in [0.4, 0.5) is 13.2 Å². The highest BCUT2D eigenvalue weighted by Gasteiger charge is 2.62. The Morgan fingerprint density at radius 3 is 2.25 bits per heavy atom. The number of aliphatic carboxylic acids is 1. The Morgan fingerprint density at radius 1 is 1.50 bits per heavy atom. The van der Waals surface area contributed by atoms with E-state index in [9.17, 15) is 18.0 Å². The molecule has 1 atom stereocenters. The molecule has 1 rings (SSSR count). The van der Waals surface area contributed by atoms with E-state index in [1.54, 1.807) is 0 Å². The lowest BCUT2D eigenvalue weighted by Gasteiger charge is -2.24. The van der Waals surface area contributed by atoms with E-state index in [0.717, 1.165) is 0 Å². The van der Waals surface area contributed by atoms with Crippen LogP contribution in [0.5, 0.6) is 0 Å². The Morgan fingerprint density at radius 2 is 2.08 bits per heavy atom. The highest BCUT2D eigenvalue weighted by molar-refractivity contribution is 5.76. The highest BCUT2D eigenvalue weighted by atomic mass is 19.4. The van der Waals surface area contributed by atoms with Gasteiger partial charge in [0.25, 0.3) is 0 Å². The summed E-state index contributed by atoms with van der Waals surface area (Å²) in [6.07, 6.45) is -5.22. The second-order valence-corrected chi connectivity index (χ2v) is 2.69. The number of carboxylic acid groups (broad SMARTS) is 1. The summed E-state index contributed by atoms with van der Waals surface area (Å²) in [6, 6.07) is 0. The van der Waals surface area contributed by atoms with Crippen LogP contribution >= 0.6 is 0 Å². The Hall–Kier alpha value is -0.780. The average Bonchev–Trinajstić information content (AvgIpc) is 2.31. The van der Waals surface area contributed by atoms with Gasteiger partial charge in [-0.1, -0.05) is 0 Å². The molecule has 0 bridgehead atoms. The van der Waals surface area contributed by atoms with Crippen LogP contribution in [0.15, 0.2) is 0 Å². The first-order chi connectivity index (χ1) is 5.40. The molecule has 1 aliphatic heterocycles. The lowest BCUT2D eigenvalue weighted by atomic mass is 9.87. The smallest absolute Gasteiger partial charge is 0.407 e. The van der Waals surface area contributed by atoms with Crippen molar-refractivity contribution >= 4 is 5.97 Å². The fraction of sp³-hybridized carbons (Fsp3) is 0.833. The van der Waals surface area contributed by atoms with E-state index in [1.165, 1.54) is 0 Å². The predicted molar refractivity (Wildman–Crippen MR) is 31.6 cm³/mol. The van der Waals surface area contributed by atoms with Gasteiger partial charge in [-0.05, 0) is 6.42 Å². The number of hydrogen-bond donors (Lipinski definition) is 1. The molecule has 0 aromatic heterocycles. The van der Waals surface area contributed by atoms with Crippen molar-refractivity contribution in [1.82, 2.24) is 0 Å². The number of halogens is 3. The average molecular weight is 184 g/mol. The SMILES string of the molecule is O=C(O)C1(C(F)(F)F)CCOC1. The molecule has 6 heteroatoms. The molecule has 0 radical (unpaired) electrons. The van der Waals surface area contributed by atoms with Crippen molar-refractivity contribution < 1.29 is 27.8 Å². The van der Waals surface area contributed by atoms with Crippen LogP contribution in [0.2, 0.25) is 0 Å². The summed E-state index contributed by atoms with van der Waals surface area (Å²) < 4.78 is 41.1. The Balaban J connectivity index is 2.94. The van der Waals surface area contributed by atoms with E-state index in [1.807, 2.05) is 0 Å². The van der Waals surface area contributed by atoms with Gasteiger partial charge in [0.2, 0.25) is 0 Å². The molecule has 0 aromatic rings. The number of rotatable bonds is 1. The van der Waals surface area contributed by atoms with Gasteiger partial charge in [0.1, 0.15) is 0 Å². The van der Waals surface area contributed by atoms with Crippen LogP contribution in [0.25, 0.3) is 0 Å². The van der Waals surface area contributed by atoms with Gasteiger partial charge in [-0.3, -0.25) is 4.79 Å². The molecule has 1 fully saturated rings. The molecule has 1 aliphatic rings. The molecule has 1 unspecified atom stereocenters. The molecule has 12 heavy (non-hydrogen) atoms. The third-order valence-electron chi connectivity index (χ3n) is 1.97. The monoisotopic (exact) mass is 184 g/mol. The summed E-state index contributed by atoms with van der Waals surface area (Å²) in [5.74, 6) is -1.85. The first kappa shape index (κ1) is 9.31. The Kier molecular flexibility index (Phi) is 2.03. The maximum Gasteiger partial charge on any atom is 0.407 e. The quantitative estimate of drug-likeness (QED) is 0.662. The van der Waals surface area contributed by atoms with Gasteiger partial charge in [-0.2, -0.15) is 13.2 Å². The first-order valence-corrected chi connectivity index (χ1v) is 3.28. The largest absolute Gasteiger partial charge is 0.481 e. The van der Waals surface area contributed by atoms with Gasteiger partial charge in [0.15, 0.2) is 5.41 Å². The van der Waals surface area contributed by atoms with Crippen LogP contribution in [0, 0.1) is 5.41 Å². The summed E-state index contributed by atoms with van der Waals surface area (Å²) in [5, 5.41) is 8.40. The van der Waals surface area contributed by atoms with Gasteiger partial charge in [-0.25, -0.2) is 0 Å². The molecule has 70 valence electrons. The number of ether oxygens (including phenoxy) is 1. The summed E-state index contributed by atoms with van der Waals surface area (Å²) in [5.41, 5.74) is -2.67. The lowest BCUT2D eigenvalue weighted by molar-refractivity contribution is -0.230. The van der Waals surface area contributed by atoms with Crippen molar-refractivity contribution in [2.75, 3.05) is 13.2 Å². The summed E-state index contributed by atoms with van der Waals surface area (Å²) in [7, 11) is 0. The molecular formula is C6H7F3O3. The molecule has 1 N–H and O–H groups in total. The van der Waals surface area contributed by atoms with E-state index >= 15 is 0 Å². The third kappa shape index (κ3) is 1.16. The van der Waals surface area contributed by atoms with E-state index < -0.39 is 30.6 Å². The maximum absolute atomic E-state index is 12.2. The molecule has 0 amide bonds. The van der Waals surface area contributed by atoms with Crippen molar-refractivity contribution in [3.05, 3.63) is 0 Å². The molecule has 1 saturated heterocycles. The van der Waals surface area contributed by atoms with Crippen molar-refractivity contribution in [1.29, 1.82) is 0 Å². The number of carboxylic acids is 1. The van der Waals surface area contributed by atoms with Crippen molar-refractivity contribution in [2.24, 2.45) is 5.41 Å². The van der Waals surface area contributed by atoms with Crippen LogP contribution in [-0.4, -0.2) is 30.5 Å². The fourth-order valence-corrected chi connectivity index (χ4v) is 1.08. The summed E-state index contributed by atoms with van der Waals surface area (Å²) in [6.45, 7) is -0.919. The first-order valence-electron chi connectivity index (χ1n) is 3.28. The minimum atomic E-state index is -4.73. The second-order valence-electron chi connectivity index (χ2n) is 2.69. The van der Waals surface area contributed by atoms with Gasteiger partial charge in [0.05, 0.1) is 6.61 Å². The van der Waals surface area contributed by atoms with Gasteiger partial charge in [0, 0.05) is 6.61 Å². The predicted octanol–water partition coefficient (Wildman–Crippen LogP) is 1.04. The highest BCUT2D eigenvalue weighted by Crippen LogP contribution is 2.44. The molecule has 1 heterocycles. The van der Waals surface area contributed by atoms with Crippen LogP contribution in [0.1, 0.15) is 6.42 Å². The van der Waals surface area contributed by atoms with Crippen LogP contribution < -0.4 is 0 Å². The van der Waals surface area contributed by atoms with E-state index in [-0.39, 0.29) is 6.61 Å². The standard InChI is InChI=1S/C6H7F3O3/c7-6(8,9)5(4(10)11)1-2-12-3-5/h1-3H2,(H,10,11). The Labute approximate surface area is 66.1 Å². The van der Waals surface area contributed by atoms with E-state index in [0.29, 0.717) is 0 Å². The minimum absolute atomic E-state index is 0.147. The number of hydrogen-bond acceptors (Lipinski definition) is 2. The molecule has 0 aromatic carbocycles. The van der Waals surface area contributed by atoms with Crippen molar-refractivity contribution in [3.8, 4) is 0 Å². The van der Waals surface area contributed by atoms with Gasteiger partial charge < -0.3 is 9.84 Å². The van der Waals surface area contributed by atoms with Crippen LogP contribution in [-0.2, 0) is 9.53 Å². The van der Waals surface area contributed by atoms with Crippen molar-refractivity contribution in [2.45, 2.75) is 12.6 Å². The fourth-order valence-electron chi connectivity index (χ4n) is 1.08. The number of alkyl halides is 3. The van der Waals surface area contributed by atoms with Crippen molar-refractivity contribution in [3.63, 3.8) is 0 Å². The molecular weight excluding hydrogens is 177 g/mol. The lowest BCUT2D eigenvalue weighted by Crippen LogP contribution is -2.45. The molecule has 3 nitrogen and oxygen atoms in total. The Bertz CT molecular complexity index is 193. The number of carbonyl (C=O) groups is 1. The zero-order valence-electron chi connectivity index (χ0n) is 6.02. The van der Waals surface area contributed by atoms with Gasteiger partial charge in [-0.15, -0.1) is 0 Å². The van der Waals surface area contributed by atoms with E-state index in [2.05, 4.69) is 4.74 Å². The maximum atomic E-state index is 12.2. The molecule has 0 spiro atoms. The zero-order valence-corrected chi connectivity index (χ0v) is 6.02. The normalized spacial score (nSPS) is 30.6. The summed E-state index contributed by atoms with van der Waals surface area (Å²) >= 11 is 0. The van der Waals surface area contributed by atoms with E-state index in [4.69, 9.17) is 5.11 Å². The molecule has 0 saturated carbocycles. The van der Waals surface area contributed by atoms with Crippen LogP contribution in [0.3, 0.4) is 0 Å². The molecule has 0 aliphatic carbocycles. The third-order valence-corrected chi connectivity index (χ3v) is 1.97. The topological polar surface area (TPSA) is 46.5 Å². The second kappa shape index (κ2) is 2.62. The summed E-state index contributed by atoms with van der Waals surface area (Å²) in [4.78, 5) is 10.4. The zero-order chi connectivity index (χ0) is 9.41.